The highest BCUT2D eigenvalue weighted by Gasteiger charge is 2.19. The Balaban J connectivity index is 1.14. The van der Waals surface area contributed by atoms with Gasteiger partial charge in [-0.3, -0.25) is 0 Å². The average Bonchev–Trinajstić information content (AvgIpc) is 3.73. The number of fused-ring (bicyclic) bond motifs is 6. The predicted octanol–water partition coefficient (Wildman–Crippen LogP) is 12.1. The number of aromatic nitrogens is 3. The van der Waals surface area contributed by atoms with Gasteiger partial charge in [-0.05, 0) is 64.7 Å². The maximum atomic E-state index is 6.51. The molecule has 4 heteroatoms. The monoisotopic (exact) mass is 639 g/mol. The van der Waals surface area contributed by atoms with Crippen molar-refractivity contribution in [2.24, 2.45) is 0 Å². The number of benzene rings is 7. The minimum absolute atomic E-state index is 0.675. The van der Waals surface area contributed by atoms with E-state index in [1.54, 1.807) is 0 Å². The summed E-state index contributed by atoms with van der Waals surface area (Å²) >= 11 is 0. The second-order valence-corrected chi connectivity index (χ2v) is 12.6. The van der Waals surface area contributed by atoms with Crippen LogP contribution in [-0.2, 0) is 0 Å². The van der Waals surface area contributed by atoms with Crippen LogP contribution in [0.25, 0.3) is 94.5 Å². The standard InChI is InChI=1S/C46H29N3O/c1-4-13-30(14-5-1)34-23-25-41-38(28-34)37-21-10-11-22-40(37)49(41)36-20-12-19-33(27-36)35-24-26-42-39(29-35)44-45(50-42)43(31-15-6-2-7-16-31)47-46(48-44)32-17-8-3-9-18-32/h1-29H. The van der Waals surface area contributed by atoms with Gasteiger partial charge in [0.15, 0.2) is 11.4 Å². The maximum Gasteiger partial charge on any atom is 0.180 e. The Bertz CT molecular complexity index is 2850. The van der Waals surface area contributed by atoms with Crippen LogP contribution in [0, 0.1) is 0 Å². The molecule has 3 aromatic heterocycles. The topological polar surface area (TPSA) is 43.9 Å². The zero-order valence-corrected chi connectivity index (χ0v) is 27.0. The van der Waals surface area contributed by atoms with Gasteiger partial charge in [0.25, 0.3) is 0 Å². The van der Waals surface area contributed by atoms with E-state index in [1.165, 1.54) is 32.9 Å². The molecule has 10 rings (SSSR count). The quantitative estimate of drug-likeness (QED) is 0.188. The lowest BCUT2D eigenvalue weighted by molar-refractivity contribution is 0.667. The van der Waals surface area contributed by atoms with Gasteiger partial charge in [0.1, 0.15) is 16.8 Å². The van der Waals surface area contributed by atoms with Crippen LogP contribution in [0.3, 0.4) is 0 Å². The molecule has 0 aliphatic rings. The van der Waals surface area contributed by atoms with Gasteiger partial charge in [-0.2, -0.15) is 0 Å². The van der Waals surface area contributed by atoms with Gasteiger partial charge in [0.2, 0.25) is 0 Å². The fourth-order valence-electron chi connectivity index (χ4n) is 7.22. The summed E-state index contributed by atoms with van der Waals surface area (Å²) in [5.74, 6) is 0.675. The molecule has 0 saturated carbocycles. The van der Waals surface area contributed by atoms with Crippen LogP contribution in [0.1, 0.15) is 0 Å². The van der Waals surface area contributed by atoms with Crippen molar-refractivity contribution in [2.75, 3.05) is 0 Å². The number of hydrogen-bond donors (Lipinski definition) is 0. The lowest BCUT2D eigenvalue weighted by Crippen LogP contribution is -1.94. The summed E-state index contributed by atoms with van der Waals surface area (Å²) in [7, 11) is 0. The van der Waals surface area contributed by atoms with E-state index >= 15 is 0 Å². The largest absolute Gasteiger partial charge is 0.452 e. The predicted molar refractivity (Wildman–Crippen MR) is 205 cm³/mol. The van der Waals surface area contributed by atoms with E-state index in [4.69, 9.17) is 14.4 Å². The summed E-state index contributed by atoms with van der Waals surface area (Å²) in [6.45, 7) is 0. The van der Waals surface area contributed by atoms with Crippen LogP contribution in [0.5, 0.6) is 0 Å². The number of furan rings is 1. The molecule has 0 atom stereocenters. The number of hydrogen-bond acceptors (Lipinski definition) is 3. The zero-order valence-electron chi connectivity index (χ0n) is 27.0. The summed E-state index contributed by atoms with van der Waals surface area (Å²) in [5.41, 5.74) is 13.1. The van der Waals surface area contributed by atoms with Crippen molar-refractivity contribution in [3.63, 3.8) is 0 Å². The first kappa shape index (κ1) is 28.3. The Labute approximate surface area is 288 Å². The molecule has 0 amide bonds. The van der Waals surface area contributed by atoms with Crippen molar-refractivity contribution < 1.29 is 4.42 Å². The van der Waals surface area contributed by atoms with Gasteiger partial charge in [-0.25, -0.2) is 9.97 Å². The Morgan fingerprint density at radius 2 is 1.00 bits per heavy atom. The van der Waals surface area contributed by atoms with E-state index in [9.17, 15) is 0 Å². The first-order valence-corrected chi connectivity index (χ1v) is 16.8. The molecule has 0 N–H and O–H groups in total. The Morgan fingerprint density at radius 3 is 1.80 bits per heavy atom. The van der Waals surface area contributed by atoms with Crippen molar-refractivity contribution in [1.29, 1.82) is 0 Å². The Morgan fingerprint density at radius 1 is 0.400 bits per heavy atom. The lowest BCUT2D eigenvalue weighted by Gasteiger charge is -2.11. The first-order valence-electron chi connectivity index (χ1n) is 16.8. The highest BCUT2D eigenvalue weighted by molar-refractivity contribution is 6.11. The van der Waals surface area contributed by atoms with Crippen LogP contribution in [0.2, 0.25) is 0 Å². The summed E-state index contributed by atoms with van der Waals surface area (Å²) in [6.07, 6.45) is 0. The van der Waals surface area contributed by atoms with E-state index < -0.39 is 0 Å². The summed E-state index contributed by atoms with van der Waals surface area (Å²) in [5, 5.41) is 3.44. The molecule has 7 aromatic carbocycles. The summed E-state index contributed by atoms with van der Waals surface area (Å²) in [6, 6.07) is 61.6. The second-order valence-electron chi connectivity index (χ2n) is 12.6. The van der Waals surface area contributed by atoms with E-state index in [0.29, 0.717) is 11.4 Å². The highest BCUT2D eigenvalue weighted by Crippen LogP contribution is 2.39. The molecule has 0 aliphatic carbocycles. The van der Waals surface area contributed by atoms with Gasteiger partial charge in [-0.15, -0.1) is 0 Å². The first-order chi connectivity index (χ1) is 24.8. The number of rotatable bonds is 5. The van der Waals surface area contributed by atoms with Crippen LogP contribution in [-0.4, -0.2) is 14.5 Å². The molecule has 4 nitrogen and oxygen atoms in total. The van der Waals surface area contributed by atoms with Crippen molar-refractivity contribution in [2.45, 2.75) is 0 Å². The van der Waals surface area contributed by atoms with E-state index in [0.717, 1.165) is 50.1 Å². The molecule has 0 spiro atoms. The van der Waals surface area contributed by atoms with Gasteiger partial charge < -0.3 is 8.98 Å². The van der Waals surface area contributed by atoms with Crippen molar-refractivity contribution in [3.05, 3.63) is 176 Å². The summed E-state index contributed by atoms with van der Waals surface area (Å²) in [4.78, 5) is 10.1. The molecule has 234 valence electrons. The molecule has 0 aliphatic heterocycles. The molecular weight excluding hydrogens is 611 g/mol. The fourth-order valence-corrected chi connectivity index (χ4v) is 7.22. The molecule has 3 heterocycles. The van der Waals surface area contributed by atoms with Gasteiger partial charge in [0, 0.05) is 33.0 Å². The fraction of sp³-hybridized carbons (Fsp3) is 0. The summed E-state index contributed by atoms with van der Waals surface area (Å²) < 4.78 is 8.89. The SMILES string of the molecule is c1ccc(-c2ccc3c(c2)c2ccccc2n3-c2cccc(-c3ccc4oc5c(-c6ccccc6)nc(-c6ccccc6)nc5c4c3)c2)cc1. The van der Waals surface area contributed by atoms with Crippen LogP contribution >= 0.6 is 0 Å². The van der Waals surface area contributed by atoms with Crippen LogP contribution < -0.4 is 0 Å². The van der Waals surface area contributed by atoms with Gasteiger partial charge in [0.05, 0.1) is 11.0 Å². The Kier molecular flexibility index (Phi) is 6.46. The van der Waals surface area contributed by atoms with Crippen LogP contribution in [0.4, 0.5) is 0 Å². The lowest BCUT2D eigenvalue weighted by atomic mass is 10.0. The minimum Gasteiger partial charge on any atom is -0.452 e. The van der Waals surface area contributed by atoms with E-state index in [2.05, 4.69) is 132 Å². The third kappa shape index (κ3) is 4.61. The number of nitrogens with zero attached hydrogens (tertiary/aromatic N) is 3. The third-order valence-corrected chi connectivity index (χ3v) is 9.61. The molecule has 0 bridgehead atoms. The average molecular weight is 640 g/mol. The van der Waals surface area contributed by atoms with Gasteiger partial charge >= 0.3 is 0 Å². The highest BCUT2D eigenvalue weighted by atomic mass is 16.3. The van der Waals surface area contributed by atoms with Crippen molar-refractivity contribution >= 4 is 43.9 Å². The van der Waals surface area contributed by atoms with E-state index in [-0.39, 0.29) is 0 Å². The maximum absolute atomic E-state index is 6.51. The number of para-hydroxylation sites is 1. The normalized spacial score (nSPS) is 11.6. The Hall–Kier alpha value is -6.78. The van der Waals surface area contributed by atoms with Crippen molar-refractivity contribution in [1.82, 2.24) is 14.5 Å². The molecule has 0 unspecified atom stereocenters. The molecule has 0 radical (unpaired) electrons. The molecular formula is C46H29N3O. The second kappa shape index (κ2) is 11.4. The van der Waals surface area contributed by atoms with E-state index in [1.807, 2.05) is 48.5 Å². The van der Waals surface area contributed by atoms with Gasteiger partial charge in [-0.1, -0.05) is 133 Å². The molecule has 50 heavy (non-hydrogen) atoms. The molecule has 0 fully saturated rings. The minimum atomic E-state index is 0.675. The molecule has 0 saturated heterocycles. The van der Waals surface area contributed by atoms with Crippen LogP contribution in [0.15, 0.2) is 180 Å². The zero-order chi connectivity index (χ0) is 33.0. The smallest absolute Gasteiger partial charge is 0.180 e. The third-order valence-electron chi connectivity index (χ3n) is 9.61. The molecule has 10 aromatic rings. The van der Waals surface area contributed by atoms with Crippen molar-refractivity contribution in [3.8, 4) is 50.6 Å².